The summed E-state index contributed by atoms with van der Waals surface area (Å²) < 4.78 is 5.04. The molecule has 0 radical (unpaired) electrons. The topological polar surface area (TPSA) is 95.9 Å². The summed E-state index contributed by atoms with van der Waals surface area (Å²) in [6.07, 6.45) is -2.68. The van der Waals surface area contributed by atoms with E-state index in [1.54, 1.807) is 24.3 Å². The van der Waals surface area contributed by atoms with E-state index in [0.29, 0.717) is 12.0 Å². The van der Waals surface area contributed by atoms with E-state index in [1.807, 2.05) is 30.3 Å². The number of carbonyl (C=O) groups is 2. The van der Waals surface area contributed by atoms with E-state index in [2.05, 4.69) is 5.32 Å². The molecular formula is C20H23NO5. The fourth-order valence-electron chi connectivity index (χ4n) is 2.42. The van der Waals surface area contributed by atoms with E-state index >= 15 is 0 Å². The van der Waals surface area contributed by atoms with Crippen molar-refractivity contribution in [3.63, 3.8) is 0 Å². The number of benzene rings is 2. The molecule has 1 amide bonds. The highest BCUT2D eigenvalue weighted by atomic mass is 16.5. The van der Waals surface area contributed by atoms with E-state index < -0.39 is 18.3 Å². The Kier molecular flexibility index (Phi) is 7.32. The van der Waals surface area contributed by atoms with E-state index in [0.717, 1.165) is 11.1 Å². The van der Waals surface area contributed by atoms with Crippen molar-refractivity contribution in [1.29, 1.82) is 0 Å². The maximum atomic E-state index is 11.7. The van der Waals surface area contributed by atoms with E-state index in [-0.39, 0.29) is 18.9 Å². The van der Waals surface area contributed by atoms with Gasteiger partial charge >= 0.3 is 6.09 Å². The molecule has 0 aliphatic carbocycles. The molecule has 0 aliphatic rings. The van der Waals surface area contributed by atoms with Crippen LogP contribution in [0.2, 0.25) is 0 Å². The molecule has 2 aromatic carbocycles. The normalized spacial score (nSPS) is 12.9. The monoisotopic (exact) mass is 357 g/mol. The summed E-state index contributed by atoms with van der Waals surface area (Å²) in [6, 6.07) is 16.0. The average molecular weight is 357 g/mol. The first kappa shape index (κ1) is 19.6. The number of carbonyl (C=O) groups excluding carboxylic acids is 2. The molecular weight excluding hydrogens is 334 g/mol. The van der Waals surface area contributed by atoms with Crippen LogP contribution in [0.3, 0.4) is 0 Å². The quantitative estimate of drug-likeness (QED) is 0.673. The predicted molar refractivity (Wildman–Crippen MR) is 96.4 cm³/mol. The van der Waals surface area contributed by atoms with Crippen molar-refractivity contribution in [3.05, 3.63) is 71.3 Å². The first-order chi connectivity index (χ1) is 12.5. The number of hydrogen-bond acceptors (Lipinski definition) is 5. The number of rotatable bonds is 8. The molecule has 26 heavy (non-hydrogen) atoms. The number of alkyl carbamates (subject to hydrolysis) is 1. The van der Waals surface area contributed by atoms with Crippen LogP contribution < -0.4 is 5.32 Å². The van der Waals surface area contributed by atoms with Gasteiger partial charge in [0.15, 0.2) is 0 Å². The van der Waals surface area contributed by atoms with Crippen molar-refractivity contribution in [2.24, 2.45) is 0 Å². The number of amides is 1. The largest absolute Gasteiger partial charge is 0.445 e. The SMILES string of the molecule is CC(=O)Cc1ccc(C(O)C(O)CNC(=O)OCc2ccccc2)cc1. The molecule has 0 aliphatic heterocycles. The highest BCUT2D eigenvalue weighted by Gasteiger charge is 2.19. The Labute approximate surface area is 152 Å². The van der Waals surface area contributed by atoms with Crippen LogP contribution in [0.15, 0.2) is 54.6 Å². The molecule has 138 valence electrons. The Morgan fingerprint density at radius 1 is 1.00 bits per heavy atom. The summed E-state index contributed by atoms with van der Waals surface area (Å²) >= 11 is 0. The maximum absolute atomic E-state index is 11.7. The van der Waals surface area contributed by atoms with E-state index in [4.69, 9.17) is 4.74 Å². The summed E-state index contributed by atoms with van der Waals surface area (Å²) in [5.41, 5.74) is 2.20. The van der Waals surface area contributed by atoms with Crippen molar-refractivity contribution < 1.29 is 24.5 Å². The molecule has 2 aromatic rings. The minimum absolute atomic E-state index is 0.0524. The second kappa shape index (κ2) is 9.70. The van der Waals surface area contributed by atoms with Gasteiger partial charge < -0.3 is 20.3 Å². The van der Waals surface area contributed by atoms with Crippen molar-refractivity contribution in [3.8, 4) is 0 Å². The standard InChI is InChI=1S/C20H23NO5/c1-14(22)11-15-7-9-17(10-8-15)19(24)18(23)12-21-20(25)26-13-16-5-3-2-4-6-16/h2-10,18-19,23-24H,11-13H2,1H3,(H,21,25). The summed E-state index contributed by atoms with van der Waals surface area (Å²) in [5, 5.41) is 22.6. The van der Waals surface area contributed by atoms with Gasteiger partial charge in [0.2, 0.25) is 0 Å². The number of ether oxygens (including phenoxy) is 1. The minimum Gasteiger partial charge on any atom is -0.445 e. The first-order valence-electron chi connectivity index (χ1n) is 8.34. The zero-order valence-corrected chi connectivity index (χ0v) is 14.6. The van der Waals surface area contributed by atoms with Crippen molar-refractivity contribution in [2.45, 2.75) is 32.2 Å². The molecule has 2 atom stereocenters. The third-order valence-corrected chi connectivity index (χ3v) is 3.81. The van der Waals surface area contributed by atoms with Crippen LogP contribution in [0.25, 0.3) is 0 Å². The maximum Gasteiger partial charge on any atom is 0.407 e. The molecule has 6 nitrogen and oxygen atoms in total. The Bertz CT molecular complexity index is 715. The molecule has 6 heteroatoms. The molecule has 0 aromatic heterocycles. The van der Waals surface area contributed by atoms with Crippen LogP contribution in [0, 0.1) is 0 Å². The van der Waals surface area contributed by atoms with Crippen molar-refractivity contribution in [1.82, 2.24) is 5.32 Å². The van der Waals surface area contributed by atoms with E-state index in [9.17, 15) is 19.8 Å². The number of Topliss-reactive ketones (excluding diaryl/α,β-unsaturated/α-hetero) is 1. The Hall–Kier alpha value is -2.70. The number of nitrogens with one attached hydrogen (secondary N) is 1. The van der Waals surface area contributed by atoms with Crippen molar-refractivity contribution in [2.75, 3.05) is 6.54 Å². The summed E-state index contributed by atoms with van der Waals surface area (Å²) in [4.78, 5) is 22.8. The third-order valence-electron chi connectivity index (χ3n) is 3.81. The lowest BCUT2D eigenvalue weighted by molar-refractivity contribution is -0.116. The fourth-order valence-corrected chi connectivity index (χ4v) is 2.42. The lowest BCUT2D eigenvalue weighted by Crippen LogP contribution is -2.35. The van der Waals surface area contributed by atoms with Crippen LogP contribution in [0.4, 0.5) is 4.79 Å². The van der Waals surface area contributed by atoms with Gasteiger partial charge in [0.05, 0.1) is 0 Å². The molecule has 0 fully saturated rings. The molecule has 0 heterocycles. The number of ketones is 1. The lowest BCUT2D eigenvalue weighted by Gasteiger charge is -2.19. The molecule has 2 rings (SSSR count). The van der Waals surface area contributed by atoms with Crippen LogP contribution in [0.1, 0.15) is 29.7 Å². The van der Waals surface area contributed by atoms with Crippen LogP contribution in [0.5, 0.6) is 0 Å². The van der Waals surface area contributed by atoms with Gasteiger partial charge in [0.25, 0.3) is 0 Å². The fraction of sp³-hybridized carbons (Fsp3) is 0.300. The van der Waals surface area contributed by atoms with Gasteiger partial charge in [-0.1, -0.05) is 54.6 Å². The van der Waals surface area contributed by atoms with Gasteiger partial charge in [-0.2, -0.15) is 0 Å². The van der Waals surface area contributed by atoms with Gasteiger partial charge in [-0.3, -0.25) is 4.79 Å². The van der Waals surface area contributed by atoms with Crippen molar-refractivity contribution >= 4 is 11.9 Å². The Morgan fingerprint density at radius 3 is 2.27 bits per heavy atom. The minimum atomic E-state index is -1.18. The average Bonchev–Trinajstić information content (AvgIpc) is 2.65. The van der Waals surface area contributed by atoms with Gasteiger partial charge in [0.1, 0.15) is 24.6 Å². The van der Waals surface area contributed by atoms with Gasteiger partial charge in [0, 0.05) is 13.0 Å². The zero-order valence-electron chi connectivity index (χ0n) is 14.6. The number of hydrogen-bond donors (Lipinski definition) is 3. The van der Waals surface area contributed by atoms with Crippen LogP contribution in [-0.2, 0) is 22.6 Å². The summed E-state index contributed by atoms with van der Waals surface area (Å²) in [6.45, 7) is 1.49. The molecule has 0 spiro atoms. The first-order valence-corrected chi connectivity index (χ1v) is 8.34. The molecule has 0 saturated carbocycles. The zero-order chi connectivity index (χ0) is 18.9. The number of aliphatic hydroxyl groups is 2. The van der Waals surface area contributed by atoms with Gasteiger partial charge in [-0.15, -0.1) is 0 Å². The predicted octanol–water partition coefficient (Wildman–Crippen LogP) is 2.14. The number of aliphatic hydroxyl groups excluding tert-OH is 2. The van der Waals surface area contributed by atoms with Crippen LogP contribution >= 0.6 is 0 Å². The molecule has 0 saturated heterocycles. The third kappa shape index (κ3) is 6.31. The molecule has 3 N–H and O–H groups in total. The van der Waals surface area contributed by atoms with Gasteiger partial charge in [-0.05, 0) is 23.6 Å². The molecule has 2 unspecified atom stereocenters. The molecule has 0 bridgehead atoms. The lowest BCUT2D eigenvalue weighted by atomic mass is 10.0. The Morgan fingerprint density at radius 2 is 1.65 bits per heavy atom. The highest BCUT2D eigenvalue weighted by molar-refractivity contribution is 5.78. The Balaban J connectivity index is 1.78. The summed E-state index contributed by atoms with van der Waals surface area (Å²) in [5.74, 6) is 0.0524. The second-order valence-corrected chi connectivity index (χ2v) is 6.08. The summed E-state index contributed by atoms with van der Waals surface area (Å²) in [7, 11) is 0. The second-order valence-electron chi connectivity index (χ2n) is 6.08. The van der Waals surface area contributed by atoms with E-state index in [1.165, 1.54) is 6.92 Å². The highest BCUT2D eigenvalue weighted by Crippen LogP contribution is 2.17. The van der Waals surface area contributed by atoms with Crippen LogP contribution in [-0.4, -0.2) is 34.7 Å². The van der Waals surface area contributed by atoms with Gasteiger partial charge in [-0.25, -0.2) is 4.79 Å². The smallest absolute Gasteiger partial charge is 0.407 e.